The Balaban J connectivity index is 3.13. The van der Waals surface area contributed by atoms with Crippen molar-refractivity contribution >= 4 is 52.8 Å². The van der Waals surface area contributed by atoms with Gasteiger partial charge in [0.15, 0.2) is 0 Å². The highest BCUT2D eigenvalue weighted by atomic mass is 35.5. The summed E-state index contributed by atoms with van der Waals surface area (Å²) in [6.45, 7) is 4.90. The second-order valence-corrected chi connectivity index (χ2v) is 9.83. The van der Waals surface area contributed by atoms with Crippen molar-refractivity contribution in [1.29, 1.82) is 0 Å². The Morgan fingerprint density at radius 2 is 1.78 bits per heavy atom. The van der Waals surface area contributed by atoms with Gasteiger partial charge in [-0.15, -0.1) is 0 Å². The van der Waals surface area contributed by atoms with Gasteiger partial charge in [0.25, 0.3) is 0 Å². The van der Waals surface area contributed by atoms with Crippen LogP contribution in [-0.2, 0) is 43.5 Å². The Labute approximate surface area is 246 Å². The third kappa shape index (κ3) is 7.52. The highest BCUT2D eigenvalue weighted by molar-refractivity contribution is 6.42. The first-order chi connectivity index (χ1) is 19.3. The molecule has 0 aromatic heterocycles. The number of methoxy groups -OCH3 is 1. The van der Waals surface area contributed by atoms with Crippen molar-refractivity contribution in [2.24, 2.45) is 16.6 Å². The van der Waals surface area contributed by atoms with Crippen molar-refractivity contribution in [2.45, 2.75) is 32.3 Å². The molecular weight excluding hydrogens is 583 g/mol. The third-order valence-electron chi connectivity index (χ3n) is 6.00. The highest BCUT2D eigenvalue weighted by Crippen LogP contribution is 2.53. The predicted molar refractivity (Wildman–Crippen MR) is 149 cm³/mol. The van der Waals surface area contributed by atoms with Crippen molar-refractivity contribution < 1.29 is 48.3 Å². The predicted octanol–water partition coefficient (Wildman–Crippen LogP) is 2.79. The molecule has 14 heteroatoms. The number of nitrogens with zero attached hydrogens (tertiary/aromatic N) is 1. The number of carboxylic acid groups (broad SMARTS) is 2. The Morgan fingerprint density at radius 3 is 2.34 bits per heavy atom. The maximum Gasteiger partial charge on any atom is 0.337 e. The average Bonchev–Trinajstić information content (AvgIpc) is 2.89. The zero-order valence-electron chi connectivity index (χ0n) is 22.9. The molecule has 0 saturated carbocycles. The van der Waals surface area contributed by atoms with Crippen LogP contribution in [0.1, 0.15) is 26.3 Å². The minimum absolute atomic E-state index is 0.00971. The summed E-state index contributed by atoms with van der Waals surface area (Å²) in [6.07, 6.45) is -0.328. The number of aliphatic carboxylic acids is 2. The Kier molecular flexibility index (Phi) is 12.5. The van der Waals surface area contributed by atoms with Crippen LogP contribution >= 0.6 is 23.2 Å². The Hall–Kier alpha value is -3.29. The number of esters is 2. The van der Waals surface area contributed by atoms with Gasteiger partial charge in [-0.05, 0) is 32.4 Å². The molecule has 1 aliphatic heterocycles. The molecular formula is C27H32Cl2N2O10. The van der Waals surface area contributed by atoms with Gasteiger partial charge < -0.3 is 34.9 Å². The number of aliphatic imine (C=N–C) groups is 1. The lowest BCUT2D eigenvalue weighted by Gasteiger charge is -2.44. The van der Waals surface area contributed by atoms with Crippen LogP contribution in [0.2, 0.25) is 10.0 Å². The van der Waals surface area contributed by atoms with Crippen molar-refractivity contribution in [1.82, 2.24) is 0 Å². The van der Waals surface area contributed by atoms with Gasteiger partial charge in [-0.1, -0.05) is 35.3 Å². The molecule has 0 fully saturated rings. The van der Waals surface area contributed by atoms with E-state index in [4.69, 9.17) is 47.9 Å². The second-order valence-electron chi connectivity index (χ2n) is 9.05. The van der Waals surface area contributed by atoms with E-state index in [1.807, 2.05) is 0 Å². The fraction of sp³-hybridized carbons (Fsp3) is 0.444. The molecule has 4 N–H and O–H groups in total. The fourth-order valence-corrected chi connectivity index (χ4v) is 5.06. The van der Waals surface area contributed by atoms with Crippen LogP contribution < -0.4 is 5.73 Å². The topological polar surface area (TPSA) is 184 Å². The van der Waals surface area contributed by atoms with Crippen molar-refractivity contribution in [3.05, 3.63) is 56.7 Å². The quantitative estimate of drug-likeness (QED) is 0.159. The van der Waals surface area contributed by atoms with Crippen LogP contribution in [0.25, 0.3) is 0 Å². The molecule has 0 bridgehead atoms. The number of ether oxygens (including phenoxy) is 4. The lowest BCUT2D eigenvalue weighted by molar-refractivity contribution is -0.147. The molecule has 0 radical (unpaired) electrons. The highest BCUT2D eigenvalue weighted by Gasteiger charge is 2.60. The number of hydrogen-bond donors (Lipinski definition) is 3. The summed E-state index contributed by atoms with van der Waals surface area (Å²) < 4.78 is 21.5. The number of halogens is 2. The van der Waals surface area contributed by atoms with Gasteiger partial charge >= 0.3 is 23.9 Å². The van der Waals surface area contributed by atoms with E-state index in [2.05, 4.69) is 4.99 Å². The van der Waals surface area contributed by atoms with Crippen LogP contribution in [0.15, 0.2) is 46.1 Å². The van der Waals surface area contributed by atoms with E-state index >= 15 is 0 Å². The first kappa shape index (κ1) is 33.9. The minimum Gasteiger partial charge on any atom is -0.478 e. The van der Waals surface area contributed by atoms with E-state index < -0.39 is 52.5 Å². The maximum atomic E-state index is 13.9. The summed E-state index contributed by atoms with van der Waals surface area (Å²) in [5.41, 5.74) is 1.31. The van der Waals surface area contributed by atoms with Crippen LogP contribution in [0.3, 0.4) is 0 Å². The summed E-state index contributed by atoms with van der Waals surface area (Å²) in [5, 5.41) is 19.9. The molecule has 0 spiro atoms. The zero-order valence-corrected chi connectivity index (χ0v) is 24.5. The largest absolute Gasteiger partial charge is 0.478 e. The average molecular weight is 615 g/mol. The van der Waals surface area contributed by atoms with Crippen molar-refractivity contribution in [3.8, 4) is 0 Å². The Bertz CT molecular complexity index is 1270. The molecule has 1 heterocycles. The number of carboxylic acids is 2. The molecule has 1 aliphatic rings. The van der Waals surface area contributed by atoms with Gasteiger partial charge in [0.2, 0.25) is 0 Å². The number of rotatable bonds is 14. The summed E-state index contributed by atoms with van der Waals surface area (Å²) in [6, 6.07) is 4.15. The number of nitrogens with two attached hydrogens (primary N) is 1. The number of hydrogen-bond acceptors (Lipinski definition) is 10. The molecule has 2 rings (SSSR count). The van der Waals surface area contributed by atoms with E-state index in [9.17, 15) is 29.4 Å². The van der Waals surface area contributed by atoms with Gasteiger partial charge in [0.05, 0.1) is 71.9 Å². The zero-order chi connectivity index (χ0) is 30.9. The lowest BCUT2D eigenvalue weighted by atomic mass is 9.57. The molecule has 2 atom stereocenters. The molecule has 41 heavy (non-hydrogen) atoms. The normalized spacial score (nSPS) is 19.2. The lowest BCUT2D eigenvalue weighted by Crippen LogP contribution is -2.53. The smallest absolute Gasteiger partial charge is 0.337 e. The fourth-order valence-electron chi connectivity index (χ4n) is 4.61. The van der Waals surface area contributed by atoms with E-state index in [1.165, 1.54) is 25.1 Å². The summed E-state index contributed by atoms with van der Waals surface area (Å²) in [7, 11) is 1.05. The number of benzene rings is 1. The molecule has 1 aromatic carbocycles. The van der Waals surface area contributed by atoms with Gasteiger partial charge in [-0.25, -0.2) is 14.4 Å². The molecule has 1 aromatic rings. The monoisotopic (exact) mass is 614 g/mol. The van der Waals surface area contributed by atoms with Crippen molar-refractivity contribution in [2.75, 3.05) is 40.1 Å². The minimum atomic E-state index is -2.44. The molecule has 0 saturated heterocycles. The van der Waals surface area contributed by atoms with Gasteiger partial charge in [0, 0.05) is 18.3 Å². The Morgan fingerprint density at radius 1 is 1.12 bits per heavy atom. The third-order valence-corrected chi connectivity index (χ3v) is 6.82. The summed E-state index contributed by atoms with van der Waals surface area (Å²) >= 11 is 13.0. The van der Waals surface area contributed by atoms with Gasteiger partial charge in [-0.3, -0.25) is 9.79 Å². The second kappa shape index (κ2) is 15.1. The van der Waals surface area contributed by atoms with Crippen LogP contribution in [0.5, 0.6) is 0 Å². The number of carbonyl (C=O) groups excluding carboxylic acids is 2. The SMILES string of the molecule is COC(=O)C1C(C)=NC(COCCOCCN)=C(C(=O)OC(C)C)C1(C(=CC(=O)O)C(=O)O)c1cccc(Cl)c1Cl. The van der Waals surface area contributed by atoms with Gasteiger partial charge in [0.1, 0.15) is 5.92 Å². The molecule has 0 amide bonds. The molecule has 224 valence electrons. The van der Waals surface area contributed by atoms with E-state index in [-0.39, 0.29) is 53.4 Å². The molecule has 2 unspecified atom stereocenters. The van der Waals surface area contributed by atoms with Crippen LogP contribution in [0.4, 0.5) is 0 Å². The van der Waals surface area contributed by atoms with E-state index in [0.29, 0.717) is 12.6 Å². The summed E-state index contributed by atoms with van der Waals surface area (Å²) in [5.74, 6) is -7.23. The van der Waals surface area contributed by atoms with Crippen molar-refractivity contribution in [3.63, 3.8) is 0 Å². The first-order valence-corrected chi connectivity index (χ1v) is 13.2. The van der Waals surface area contributed by atoms with E-state index in [0.717, 1.165) is 7.11 Å². The molecule has 12 nitrogen and oxygen atoms in total. The first-order valence-electron chi connectivity index (χ1n) is 12.4. The summed E-state index contributed by atoms with van der Waals surface area (Å²) in [4.78, 5) is 56.7. The van der Waals surface area contributed by atoms with Gasteiger partial charge in [-0.2, -0.15) is 0 Å². The number of carbonyl (C=O) groups is 4. The molecule has 0 aliphatic carbocycles. The van der Waals surface area contributed by atoms with Crippen LogP contribution in [-0.4, -0.2) is 86.0 Å². The van der Waals surface area contributed by atoms with Crippen LogP contribution in [0, 0.1) is 5.92 Å². The van der Waals surface area contributed by atoms with E-state index in [1.54, 1.807) is 13.8 Å². The maximum absolute atomic E-state index is 13.9. The standard InChI is InChI=1S/C27H32Cl2N2O10/c1-14(2)41-26(37)22-19(13-40-11-10-39-9-8-30)31-15(3)21(25(36)38-4)27(22,17(24(34)35)12-20(32)33)16-6-5-7-18(28)23(16)29/h5-7,12,14,21H,8-11,13,30H2,1-4H3,(H,32,33)(H,34,35).